The van der Waals surface area contributed by atoms with Crippen LogP contribution in [0.15, 0.2) is 60.9 Å². The first-order valence-electron chi connectivity index (χ1n) is 9.57. The number of amides is 1. The van der Waals surface area contributed by atoms with Crippen LogP contribution in [0.2, 0.25) is 0 Å². The number of carbonyl (C=O) groups excluding carboxylic acids is 2. The minimum absolute atomic E-state index is 0. The van der Waals surface area contributed by atoms with E-state index in [2.05, 4.69) is 20.4 Å². The van der Waals surface area contributed by atoms with E-state index in [0.29, 0.717) is 29.3 Å². The summed E-state index contributed by atoms with van der Waals surface area (Å²) in [6.07, 6.45) is 2.99. The average Bonchev–Trinajstić information content (AvgIpc) is 3.20. The molecule has 0 aliphatic rings. The van der Waals surface area contributed by atoms with Gasteiger partial charge in [0.25, 0.3) is 5.91 Å². The Morgan fingerprint density at radius 1 is 1.15 bits per heavy atom. The zero-order valence-electron chi connectivity index (χ0n) is 18.0. The molecule has 1 aromatic carbocycles. The van der Waals surface area contributed by atoms with Crippen LogP contribution in [-0.2, 0) is 16.1 Å². The molecule has 0 saturated heterocycles. The molecule has 11 heteroatoms. The molecule has 0 saturated carbocycles. The van der Waals surface area contributed by atoms with Crippen molar-refractivity contribution < 1.29 is 43.0 Å². The van der Waals surface area contributed by atoms with Crippen molar-refractivity contribution in [3.8, 4) is 17.1 Å². The molecule has 3 heterocycles. The Morgan fingerprint density at radius 3 is 2.67 bits per heavy atom. The van der Waals surface area contributed by atoms with E-state index in [1.165, 1.54) is 23.9 Å². The van der Waals surface area contributed by atoms with Gasteiger partial charge in [-0.05, 0) is 23.8 Å². The van der Waals surface area contributed by atoms with Gasteiger partial charge >= 0.3 is 18.9 Å². The van der Waals surface area contributed by atoms with Crippen LogP contribution in [0.1, 0.15) is 15.9 Å². The van der Waals surface area contributed by atoms with Gasteiger partial charge in [-0.15, -0.1) is 0 Å². The number of hydrogen-bond acceptors (Lipinski definition) is 8. The number of nitrogens with one attached hydrogen (secondary N) is 1. The molecule has 162 valence electrons. The summed E-state index contributed by atoms with van der Waals surface area (Å²) in [5, 5.41) is 18.4. The molecular weight excluding hydrogens is 421 g/mol. The van der Waals surface area contributed by atoms with Gasteiger partial charge in [0, 0.05) is 11.8 Å². The first-order valence-corrected chi connectivity index (χ1v) is 9.57. The number of aromatic carboxylic acids is 1. The minimum Gasteiger partial charge on any atom is -0.545 e. The summed E-state index contributed by atoms with van der Waals surface area (Å²) in [5.74, 6) is -1.48. The molecule has 0 spiro atoms. The van der Waals surface area contributed by atoms with Crippen molar-refractivity contribution in [3.63, 3.8) is 0 Å². The number of methoxy groups -OCH3 is 1. The van der Waals surface area contributed by atoms with Crippen LogP contribution in [0.3, 0.4) is 0 Å². The second kappa shape index (κ2) is 10.7. The predicted octanol–water partition coefficient (Wildman–Crippen LogP) is -1.68. The second-order valence-electron chi connectivity index (χ2n) is 6.74. The third kappa shape index (κ3) is 5.75. The molecule has 1 N–H and O–H groups in total. The van der Waals surface area contributed by atoms with Crippen molar-refractivity contribution in [3.05, 3.63) is 72.1 Å². The van der Waals surface area contributed by atoms with E-state index in [-0.39, 0.29) is 42.8 Å². The predicted molar refractivity (Wildman–Crippen MR) is 112 cm³/mol. The number of aromatic nitrogens is 4. The smallest absolute Gasteiger partial charge is 0.545 e. The summed E-state index contributed by atoms with van der Waals surface area (Å²) in [5.41, 5.74) is 2.20. The van der Waals surface area contributed by atoms with Crippen LogP contribution in [0.5, 0.6) is 5.88 Å². The fraction of sp³-hybridized carbons (Fsp3) is 0.136. The van der Waals surface area contributed by atoms with Gasteiger partial charge in [-0.3, -0.25) is 4.79 Å². The monoisotopic (exact) mass is 439 g/mol. The number of imidazole rings is 1. The first-order chi connectivity index (χ1) is 15.5. The standard InChI is InChI=1S/C22H19N5O5.Li/c1-31-21-16(22(29)30)9-15(10-23-21)17-7-8-19-24-18(11-27(19)26-17)25-20(28)13-32-12-14-5-3-2-4-6-14;/h2-11H,12-13H2,1H3,(H,25,28)(H,29,30);/q;+1/p-1. The number of benzene rings is 1. The number of anilines is 1. The number of nitrogens with zero attached hydrogens (tertiary/aromatic N) is 4. The third-order valence-electron chi connectivity index (χ3n) is 4.49. The molecule has 4 rings (SSSR count). The molecular formula is C22H18LiN5O5. The van der Waals surface area contributed by atoms with Gasteiger partial charge in [0.1, 0.15) is 6.61 Å². The summed E-state index contributed by atoms with van der Waals surface area (Å²) in [6.45, 7) is 0.207. The molecule has 0 aliphatic carbocycles. The van der Waals surface area contributed by atoms with Crippen molar-refractivity contribution in [2.24, 2.45) is 0 Å². The number of rotatable bonds is 8. The molecule has 0 radical (unpaired) electrons. The summed E-state index contributed by atoms with van der Waals surface area (Å²) >= 11 is 0. The van der Waals surface area contributed by atoms with Crippen molar-refractivity contribution in [1.82, 2.24) is 19.6 Å². The Balaban J connectivity index is 0.00000306. The zero-order chi connectivity index (χ0) is 22.5. The largest absolute Gasteiger partial charge is 1.00 e. The summed E-state index contributed by atoms with van der Waals surface area (Å²) in [4.78, 5) is 31.8. The number of carboxylic acid groups (broad SMARTS) is 1. The Labute approximate surface area is 200 Å². The Hall–Kier alpha value is -3.71. The molecule has 0 fully saturated rings. The van der Waals surface area contributed by atoms with Gasteiger partial charge in [0.15, 0.2) is 11.5 Å². The van der Waals surface area contributed by atoms with E-state index in [9.17, 15) is 14.7 Å². The molecule has 4 aromatic rings. The molecule has 33 heavy (non-hydrogen) atoms. The van der Waals surface area contributed by atoms with Crippen LogP contribution >= 0.6 is 0 Å². The molecule has 0 unspecified atom stereocenters. The van der Waals surface area contributed by atoms with Crippen LogP contribution in [0.25, 0.3) is 16.9 Å². The van der Waals surface area contributed by atoms with Crippen molar-refractivity contribution in [1.29, 1.82) is 0 Å². The van der Waals surface area contributed by atoms with E-state index in [1.54, 1.807) is 18.3 Å². The minimum atomic E-state index is -1.40. The quantitative estimate of drug-likeness (QED) is 0.322. The van der Waals surface area contributed by atoms with Crippen LogP contribution in [0.4, 0.5) is 5.82 Å². The summed E-state index contributed by atoms with van der Waals surface area (Å²) < 4.78 is 11.8. The fourth-order valence-electron chi connectivity index (χ4n) is 3.01. The van der Waals surface area contributed by atoms with E-state index < -0.39 is 5.97 Å². The maximum absolute atomic E-state index is 12.1. The summed E-state index contributed by atoms with van der Waals surface area (Å²) in [6, 6.07) is 14.3. The van der Waals surface area contributed by atoms with Crippen molar-refractivity contribution in [2.75, 3.05) is 19.0 Å². The topological polar surface area (TPSA) is 131 Å². The molecule has 10 nitrogen and oxygen atoms in total. The van der Waals surface area contributed by atoms with E-state index in [1.807, 2.05) is 30.3 Å². The fourth-order valence-corrected chi connectivity index (χ4v) is 3.01. The molecule has 0 atom stereocenters. The molecule has 0 bridgehead atoms. The number of ether oxygens (including phenoxy) is 2. The summed E-state index contributed by atoms with van der Waals surface area (Å²) in [7, 11) is 1.33. The third-order valence-corrected chi connectivity index (χ3v) is 4.49. The second-order valence-corrected chi connectivity index (χ2v) is 6.74. The Bertz CT molecular complexity index is 1280. The van der Waals surface area contributed by atoms with E-state index in [4.69, 9.17) is 9.47 Å². The number of carbonyl (C=O) groups is 2. The van der Waals surface area contributed by atoms with Gasteiger partial charge in [-0.25, -0.2) is 14.5 Å². The normalized spacial score (nSPS) is 10.5. The van der Waals surface area contributed by atoms with Crippen LogP contribution < -0.4 is 34.0 Å². The number of fused-ring (bicyclic) bond motifs is 1. The average molecular weight is 439 g/mol. The number of carboxylic acids is 1. The maximum atomic E-state index is 12.1. The zero-order valence-corrected chi connectivity index (χ0v) is 18.0. The molecule has 1 amide bonds. The van der Waals surface area contributed by atoms with Gasteiger partial charge in [0.05, 0.1) is 37.1 Å². The molecule has 0 aliphatic heterocycles. The van der Waals surface area contributed by atoms with Crippen molar-refractivity contribution >= 4 is 23.3 Å². The van der Waals surface area contributed by atoms with Gasteiger partial charge in [-0.1, -0.05) is 30.3 Å². The SMILES string of the molecule is COc1ncc(-c2ccc3nc(NC(=O)COCc4ccccc4)cn3n2)cc1C(=O)[O-].[Li+]. The molecule has 3 aromatic heterocycles. The maximum Gasteiger partial charge on any atom is 1.00 e. The van der Waals surface area contributed by atoms with Gasteiger partial charge < -0.3 is 24.7 Å². The van der Waals surface area contributed by atoms with Crippen LogP contribution in [0, 0.1) is 0 Å². The van der Waals surface area contributed by atoms with E-state index >= 15 is 0 Å². The van der Waals surface area contributed by atoms with Gasteiger partial charge in [0.2, 0.25) is 5.88 Å². The van der Waals surface area contributed by atoms with Gasteiger partial charge in [-0.2, -0.15) is 5.10 Å². The number of pyridine rings is 1. The first kappa shape index (κ1) is 23.9. The number of hydrogen-bond donors (Lipinski definition) is 1. The van der Waals surface area contributed by atoms with E-state index in [0.717, 1.165) is 5.56 Å². The van der Waals surface area contributed by atoms with Crippen LogP contribution in [-0.4, -0.2) is 45.2 Å². The Kier molecular flexibility index (Phi) is 7.79. The van der Waals surface area contributed by atoms with Crippen molar-refractivity contribution in [2.45, 2.75) is 6.61 Å². The Morgan fingerprint density at radius 2 is 1.94 bits per heavy atom.